The molecule has 1 aromatic rings. The van der Waals surface area contributed by atoms with Crippen LogP contribution in [0.2, 0.25) is 0 Å². The number of ether oxygens (including phenoxy) is 1. The Labute approximate surface area is 145 Å². The molecule has 1 rings (SSSR count). The first-order valence-corrected chi connectivity index (χ1v) is 6.87. The minimum absolute atomic E-state index is 0. The summed E-state index contributed by atoms with van der Waals surface area (Å²) in [6.45, 7) is 5.81. The van der Waals surface area contributed by atoms with Crippen LogP contribution in [0.1, 0.15) is 13.8 Å². The van der Waals surface area contributed by atoms with Crippen molar-refractivity contribution in [3.8, 4) is 0 Å². The van der Waals surface area contributed by atoms with Crippen molar-refractivity contribution in [1.29, 1.82) is 0 Å². The Balaban J connectivity index is 0. The second-order valence-electron chi connectivity index (χ2n) is 4.97. The number of rotatable bonds is 8. The van der Waals surface area contributed by atoms with Crippen molar-refractivity contribution < 1.29 is 9.53 Å². The Bertz CT molecular complexity index is 431. The number of hydrogen-bond donors (Lipinski definition) is 2. The van der Waals surface area contributed by atoms with Crippen LogP contribution in [0, 0.1) is 0 Å². The van der Waals surface area contributed by atoms with Gasteiger partial charge in [0, 0.05) is 38.1 Å². The normalized spacial score (nSPS) is 9.68. The molecule has 0 saturated heterocycles. The summed E-state index contributed by atoms with van der Waals surface area (Å²) in [4.78, 5) is 13.9. The molecule has 0 atom stereocenters. The van der Waals surface area contributed by atoms with Crippen LogP contribution in [0.3, 0.4) is 0 Å². The standard InChI is InChI=1S/C15H25N3O2.2ClH/c1-12(2)18(3)14-7-5-6-13(10-14)17-15(19)11-16-8-9-20-4;;/h5-7,10,12,16H,8-9,11H2,1-4H3,(H,17,19);2*1H. The van der Waals surface area contributed by atoms with E-state index in [1.807, 2.05) is 31.3 Å². The molecule has 128 valence electrons. The molecule has 2 N–H and O–H groups in total. The summed E-state index contributed by atoms with van der Waals surface area (Å²) in [6.07, 6.45) is 0. The monoisotopic (exact) mass is 351 g/mol. The van der Waals surface area contributed by atoms with Crippen molar-refractivity contribution in [2.75, 3.05) is 44.1 Å². The number of benzene rings is 1. The highest BCUT2D eigenvalue weighted by Crippen LogP contribution is 2.19. The number of carbonyl (C=O) groups excluding carboxylic acids is 1. The van der Waals surface area contributed by atoms with Crippen LogP contribution < -0.4 is 15.5 Å². The van der Waals surface area contributed by atoms with Gasteiger partial charge < -0.3 is 20.3 Å². The van der Waals surface area contributed by atoms with Crippen LogP contribution in [0.15, 0.2) is 24.3 Å². The lowest BCUT2D eigenvalue weighted by atomic mass is 10.2. The molecule has 22 heavy (non-hydrogen) atoms. The van der Waals surface area contributed by atoms with E-state index in [2.05, 4.69) is 29.4 Å². The fraction of sp³-hybridized carbons (Fsp3) is 0.533. The third-order valence-corrected chi connectivity index (χ3v) is 3.08. The van der Waals surface area contributed by atoms with Crippen molar-refractivity contribution in [3.63, 3.8) is 0 Å². The van der Waals surface area contributed by atoms with Crippen molar-refractivity contribution in [2.24, 2.45) is 0 Å². The average molecular weight is 352 g/mol. The van der Waals surface area contributed by atoms with Crippen molar-refractivity contribution in [1.82, 2.24) is 5.32 Å². The maximum Gasteiger partial charge on any atom is 0.238 e. The summed E-state index contributed by atoms with van der Waals surface area (Å²) in [5, 5.41) is 5.90. The first kappa shape index (κ1) is 23.3. The van der Waals surface area contributed by atoms with E-state index in [1.54, 1.807) is 7.11 Å². The van der Waals surface area contributed by atoms with Crippen molar-refractivity contribution >= 4 is 42.1 Å². The molecule has 0 saturated carbocycles. The zero-order valence-electron chi connectivity index (χ0n) is 13.6. The highest BCUT2D eigenvalue weighted by Gasteiger charge is 2.07. The van der Waals surface area contributed by atoms with Crippen LogP contribution >= 0.6 is 24.8 Å². The number of nitrogens with zero attached hydrogens (tertiary/aromatic N) is 1. The van der Waals surface area contributed by atoms with E-state index >= 15 is 0 Å². The first-order valence-electron chi connectivity index (χ1n) is 6.87. The Hall–Kier alpha value is -1.01. The topological polar surface area (TPSA) is 53.6 Å². The van der Waals surface area contributed by atoms with Gasteiger partial charge in [0.15, 0.2) is 0 Å². The van der Waals surface area contributed by atoms with Gasteiger partial charge in [0.2, 0.25) is 5.91 Å². The Kier molecular flexibility index (Phi) is 13.2. The lowest BCUT2D eigenvalue weighted by molar-refractivity contribution is -0.115. The molecular weight excluding hydrogens is 325 g/mol. The number of carbonyl (C=O) groups is 1. The van der Waals surface area contributed by atoms with Gasteiger partial charge in [0.05, 0.1) is 13.2 Å². The summed E-state index contributed by atoms with van der Waals surface area (Å²) >= 11 is 0. The van der Waals surface area contributed by atoms with Crippen LogP contribution in [0.4, 0.5) is 11.4 Å². The third-order valence-electron chi connectivity index (χ3n) is 3.08. The molecule has 1 aromatic carbocycles. The molecule has 0 aliphatic heterocycles. The van der Waals surface area contributed by atoms with Crippen LogP contribution in [-0.4, -0.2) is 45.8 Å². The minimum Gasteiger partial charge on any atom is -0.383 e. The van der Waals surface area contributed by atoms with Gasteiger partial charge in [-0.15, -0.1) is 24.8 Å². The van der Waals surface area contributed by atoms with E-state index in [0.717, 1.165) is 11.4 Å². The van der Waals surface area contributed by atoms with Gasteiger partial charge in [-0.1, -0.05) is 6.07 Å². The van der Waals surface area contributed by atoms with E-state index in [0.29, 0.717) is 19.2 Å². The zero-order chi connectivity index (χ0) is 15.0. The van der Waals surface area contributed by atoms with E-state index in [-0.39, 0.29) is 37.3 Å². The number of nitrogens with one attached hydrogen (secondary N) is 2. The Morgan fingerprint density at radius 1 is 1.32 bits per heavy atom. The molecule has 0 unspecified atom stereocenters. The molecule has 0 radical (unpaired) electrons. The zero-order valence-corrected chi connectivity index (χ0v) is 15.2. The van der Waals surface area contributed by atoms with E-state index < -0.39 is 0 Å². The van der Waals surface area contributed by atoms with Crippen LogP contribution in [-0.2, 0) is 9.53 Å². The summed E-state index contributed by atoms with van der Waals surface area (Å²) < 4.78 is 4.91. The van der Waals surface area contributed by atoms with Crippen LogP contribution in [0.5, 0.6) is 0 Å². The molecule has 0 heterocycles. The molecule has 5 nitrogen and oxygen atoms in total. The second kappa shape index (κ2) is 12.5. The van der Waals surface area contributed by atoms with E-state index in [1.165, 1.54) is 0 Å². The number of hydrogen-bond acceptors (Lipinski definition) is 4. The van der Waals surface area contributed by atoms with Crippen LogP contribution in [0.25, 0.3) is 0 Å². The van der Waals surface area contributed by atoms with Gasteiger partial charge >= 0.3 is 0 Å². The summed E-state index contributed by atoms with van der Waals surface area (Å²) in [5.41, 5.74) is 1.90. The van der Waals surface area contributed by atoms with Crippen molar-refractivity contribution in [2.45, 2.75) is 19.9 Å². The summed E-state index contributed by atoms with van der Waals surface area (Å²) in [5.74, 6) is -0.0505. The van der Waals surface area contributed by atoms with Gasteiger partial charge in [0.1, 0.15) is 0 Å². The predicted molar refractivity (Wildman–Crippen MR) is 97.9 cm³/mol. The largest absolute Gasteiger partial charge is 0.383 e. The maximum absolute atomic E-state index is 11.8. The fourth-order valence-electron chi connectivity index (χ4n) is 1.68. The number of methoxy groups -OCH3 is 1. The molecule has 7 heteroatoms. The lowest BCUT2D eigenvalue weighted by Crippen LogP contribution is -2.30. The second-order valence-corrected chi connectivity index (χ2v) is 4.97. The van der Waals surface area contributed by atoms with Gasteiger partial charge in [-0.25, -0.2) is 0 Å². The van der Waals surface area contributed by atoms with Gasteiger partial charge in [0.25, 0.3) is 0 Å². The molecule has 0 aliphatic rings. The Morgan fingerprint density at radius 3 is 2.59 bits per heavy atom. The SMILES string of the molecule is COCCNCC(=O)Nc1cccc(N(C)C(C)C)c1.Cl.Cl. The lowest BCUT2D eigenvalue weighted by Gasteiger charge is -2.24. The average Bonchev–Trinajstić information content (AvgIpc) is 2.43. The molecule has 0 spiro atoms. The number of halogens is 2. The highest BCUT2D eigenvalue weighted by atomic mass is 35.5. The molecule has 0 bridgehead atoms. The fourth-order valence-corrected chi connectivity index (χ4v) is 1.68. The molecule has 0 aliphatic carbocycles. The molecule has 0 fully saturated rings. The quantitative estimate of drug-likeness (QED) is 0.706. The number of amides is 1. The molecule has 1 amide bonds. The maximum atomic E-state index is 11.8. The first-order chi connectivity index (χ1) is 9.54. The van der Waals surface area contributed by atoms with Gasteiger partial charge in [-0.2, -0.15) is 0 Å². The smallest absolute Gasteiger partial charge is 0.238 e. The van der Waals surface area contributed by atoms with Gasteiger partial charge in [-0.05, 0) is 32.0 Å². The third kappa shape index (κ3) is 8.44. The number of anilines is 2. The van der Waals surface area contributed by atoms with E-state index in [9.17, 15) is 4.79 Å². The predicted octanol–water partition coefficient (Wildman–Crippen LogP) is 2.55. The summed E-state index contributed by atoms with van der Waals surface area (Å²) in [6, 6.07) is 8.27. The van der Waals surface area contributed by atoms with E-state index in [4.69, 9.17) is 4.74 Å². The minimum atomic E-state index is -0.0505. The highest BCUT2D eigenvalue weighted by molar-refractivity contribution is 5.92. The summed E-state index contributed by atoms with van der Waals surface area (Å²) in [7, 11) is 3.68. The molecule has 0 aromatic heterocycles. The Morgan fingerprint density at radius 2 is 2.00 bits per heavy atom. The van der Waals surface area contributed by atoms with Gasteiger partial charge in [-0.3, -0.25) is 4.79 Å². The molecular formula is C15H27Cl2N3O2. The van der Waals surface area contributed by atoms with Crippen molar-refractivity contribution in [3.05, 3.63) is 24.3 Å².